The molecule has 1 heterocycles. The first-order valence-electron chi connectivity index (χ1n) is 8.25. The molecule has 134 valence electrons. The van der Waals surface area contributed by atoms with Gasteiger partial charge in [-0.15, -0.1) is 0 Å². The van der Waals surface area contributed by atoms with E-state index < -0.39 is 0 Å². The first kappa shape index (κ1) is 18.0. The van der Waals surface area contributed by atoms with E-state index >= 15 is 0 Å². The van der Waals surface area contributed by atoms with E-state index in [1.807, 2.05) is 50.2 Å². The van der Waals surface area contributed by atoms with Gasteiger partial charge in [0.1, 0.15) is 10.8 Å². The van der Waals surface area contributed by atoms with Gasteiger partial charge in [-0.3, -0.25) is 4.79 Å². The fourth-order valence-electron chi connectivity index (χ4n) is 2.79. The van der Waals surface area contributed by atoms with Crippen molar-refractivity contribution < 1.29 is 4.74 Å². The van der Waals surface area contributed by atoms with Gasteiger partial charge in [0.2, 0.25) is 0 Å². The van der Waals surface area contributed by atoms with E-state index in [-0.39, 0.29) is 16.6 Å². The van der Waals surface area contributed by atoms with Crippen LogP contribution in [0.5, 0.6) is 5.75 Å². The number of rotatable bonds is 5. The molecule has 0 bridgehead atoms. The van der Waals surface area contributed by atoms with Crippen LogP contribution in [-0.4, -0.2) is 16.9 Å². The van der Waals surface area contributed by atoms with Gasteiger partial charge >= 0.3 is 0 Å². The number of benzene rings is 2. The van der Waals surface area contributed by atoms with Crippen molar-refractivity contribution in [1.29, 1.82) is 0 Å². The standard InChI is InChI=1S/C20H20ClN3O2/c1-13-9-10-18(26-3)16(11-13)14(2)23-17-12-22-24(20(25)19(17)21)15-7-5-4-6-8-15/h4-12,14,23H,1-3H3/t14-/m0/s1. The number of hydrogen-bond acceptors (Lipinski definition) is 4. The highest BCUT2D eigenvalue weighted by molar-refractivity contribution is 6.33. The minimum Gasteiger partial charge on any atom is -0.496 e. The number of aryl methyl sites for hydroxylation is 1. The Hall–Kier alpha value is -2.79. The molecule has 0 aliphatic rings. The van der Waals surface area contributed by atoms with Crippen molar-refractivity contribution in [3.05, 3.63) is 81.2 Å². The average molecular weight is 370 g/mol. The van der Waals surface area contributed by atoms with Crippen molar-refractivity contribution >= 4 is 17.3 Å². The van der Waals surface area contributed by atoms with Crippen molar-refractivity contribution in [2.24, 2.45) is 0 Å². The van der Waals surface area contributed by atoms with Crippen molar-refractivity contribution in [3.63, 3.8) is 0 Å². The maximum atomic E-state index is 12.6. The summed E-state index contributed by atoms with van der Waals surface area (Å²) in [6, 6.07) is 15.0. The lowest BCUT2D eigenvalue weighted by atomic mass is 10.0. The third kappa shape index (κ3) is 3.58. The molecule has 0 radical (unpaired) electrons. The van der Waals surface area contributed by atoms with E-state index in [1.165, 1.54) is 4.68 Å². The number of ether oxygens (including phenoxy) is 1. The molecule has 26 heavy (non-hydrogen) atoms. The number of para-hydroxylation sites is 1. The van der Waals surface area contributed by atoms with Crippen LogP contribution in [-0.2, 0) is 0 Å². The van der Waals surface area contributed by atoms with Gasteiger partial charge in [0.15, 0.2) is 0 Å². The van der Waals surface area contributed by atoms with Crippen LogP contribution >= 0.6 is 11.6 Å². The molecule has 0 saturated carbocycles. The lowest BCUT2D eigenvalue weighted by Gasteiger charge is -2.19. The van der Waals surface area contributed by atoms with Gasteiger partial charge in [0, 0.05) is 5.56 Å². The number of aromatic nitrogens is 2. The fraction of sp³-hybridized carbons (Fsp3) is 0.200. The Labute approximate surface area is 157 Å². The van der Waals surface area contributed by atoms with Gasteiger partial charge in [0.05, 0.1) is 30.7 Å². The number of hydrogen-bond donors (Lipinski definition) is 1. The van der Waals surface area contributed by atoms with E-state index in [1.54, 1.807) is 25.4 Å². The first-order chi connectivity index (χ1) is 12.5. The molecule has 0 saturated heterocycles. The predicted molar refractivity (Wildman–Crippen MR) is 105 cm³/mol. The Bertz CT molecular complexity index is 971. The number of nitrogens with zero attached hydrogens (tertiary/aromatic N) is 2. The van der Waals surface area contributed by atoms with Crippen molar-refractivity contribution in [3.8, 4) is 11.4 Å². The molecule has 1 atom stereocenters. The minimum absolute atomic E-state index is 0.0994. The fourth-order valence-corrected chi connectivity index (χ4v) is 2.97. The quantitative estimate of drug-likeness (QED) is 0.725. The Balaban J connectivity index is 1.93. The van der Waals surface area contributed by atoms with Crippen molar-refractivity contribution in [1.82, 2.24) is 9.78 Å². The summed E-state index contributed by atoms with van der Waals surface area (Å²) in [5, 5.41) is 7.60. The van der Waals surface area contributed by atoms with Crippen LogP contribution in [0.2, 0.25) is 5.02 Å². The summed E-state index contributed by atoms with van der Waals surface area (Å²) >= 11 is 6.32. The van der Waals surface area contributed by atoms with Crippen LogP contribution in [0, 0.1) is 6.92 Å². The van der Waals surface area contributed by atoms with Gasteiger partial charge in [-0.05, 0) is 32.0 Å². The summed E-state index contributed by atoms with van der Waals surface area (Å²) in [6.07, 6.45) is 1.56. The zero-order chi connectivity index (χ0) is 18.7. The third-order valence-corrected chi connectivity index (χ3v) is 4.51. The Kier molecular flexibility index (Phi) is 5.28. The zero-order valence-corrected chi connectivity index (χ0v) is 15.6. The summed E-state index contributed by atoms with van der Waals surface area (Å²) in [5.74, 6) is 0.775. The molecule has 6 heteroatoms. The Morgan fingerprint density at radius 2 is 1.92 bits per heavy atom. The van der Waals surface area contributed by atoms with Gasteiger partial charge in [-0.25, -0.2) is 0 Å². The lowest BCUT2D eigenvalue weighted by molar-refractivity contribution is 0.408. The van der Waals surface area contributed by atoms with Gasteiger partial charge in [-0.1, -0.05) is 47.5 Å². The normalized spacial score (nSPS) is 11.8. The summed E-state index contributed by atoms with van der Waals surface area (Å²) in [6.45, 7) is 4.00. The van der Waals surface area contributed by atoms with E-state index in [2.05, 4.69) is 10.4 Å². The summed E-state index contributed by atoms with van der Waals surface area (Å²) < 4.78 is 6.72. The predicted octanol–water partition coefficient (Wildman–Crippen LogP) is 4.38. The maximum Gasteiger partial charge on any atom is 0.292 e. The average Bonchev–Trinajstić information content (AvgIpc) is 2.66. The third-order valence-electron chi connectivity index (χ3n) is 4.14. The molecule has 3 aromatic rings. The van der Waals surface area contributed by atoms with Crippen LogP contribution in [0.25, 0.3) is 5.69 Å². The molecule has 0 aliphatic heterocycles. The molecule has 0 fully saturated rings. The summed E-state index contributed by atoms with van der Waals surface area (Å²) in [4.78, 5) is 12.6. The van der Waals surface area contributed by atoms with E-state index in [0.29, 0.717) is 11.4 Å². The first-order valence-corrected chi connectivity index (χ1v) is 8.63. The molecule has 1 aromatic heterocycles. The highest BCUT2D eigenvalue weighted by Gasteiger charge is 2.16. The molecule has 2 aromatic carbocycles. The molecule has 0 unspecified atom stereocenters. The smallest absolute Gasteiger partial charge is 0.292 e. The Morgan fingerprint density at radius 1 is 1.19 bits per heavy atom. The van der Waals surface area contributed by atoms with Crippen LogP contribution in [0.3, 0.4) is 0 Å². The van der Waals surface area contributed by atoms with Crippen LogP contribution < -0.4 is 15.6 Å². The summed E-state index contributed by atoms with van der Waals surface area (Å²) in [7, 11) is 1.64. The number of anilines is 1. The van der Waals surface area contributed by atoms with E-state index in [0.717, 1.165) is 16.9 Å². The van der Waals surface area contributed by atoms with Crippen LogP contribution in [0.4, 0.5) is 5.69 Å². The second-order valence-corrected chi connectivity index (χ2v) is 6.41. The molecule has 0 aliphatic carbocycles. The molecule has 3 rings (SSSR count). The minimum atomic E-state index is -0.369. The van der Waals surface area contributed by atoms with Gasteiger partial charge < -0.3 is 10.1 Å². The zero-order valence-electron chi connectivity index (χ0n) is 14.9. The SMILES string of the molecule is COc1ccc(C)cc1[C@H](C)Nc1cnn(-c2ccccc2)c(=O)c1Cl. The van der Waals surface area contributed by atoms with E-state index in [9.17, 15) is 4.79 Å². The lowest BCUT2D eigenvalue weighted by Crippen LogP contribution is -2.23. The second kappa shape index (κ2) is 7.62. The number of halogens is 1. The van der Waals surface area contributed by atoms with Gasteiger partial charge in [-0.2, -0.15) is 9.78 Å². The monoisotopic (exact) mass is 369 g/mol. The molecular formula is C20H20ClN3O2. The molecule has 0 spiro atoms. The molecule has 0 amide bonds. The van der Waals surface area contributed by atoms with Gasteiger partial charge in [0.25, 0.3) is 5.56 Å². The highest BCUT2D eigenvalue weighted by atomic mass is 35.5. The van der Waals surface area contributed by atoms with Crippen LogP contribution in [0.15, 0.2) is 59.5 Å². The van der Waals surface area contributed by atoms with Crippen molar-refractivity contribution in [2.75, 3.05) is 12.4 Å². The molecular weight excluding hydrogens is 350 g/mol. The second-order valence-electron chi connectivity index (χ2n) is 6.04. The molecule has 5 nitrogen and oxygen atoms in total. The van der Waals surface area contributed by atoms with E-state index in [4.69, 9.17) is 16.3 Å². The number of nitrogens with one attached hydrogen (secondary N) is 1. The maximum absolute atomic E-state index is 12.6. The highest BCUT2D eigenvalue weighted by Crippen LogP contribution is 2.30. The Morgan fingerprint density at radius 3 is 2.62 bits per heavy atom. The van der Waals surface area contributed by atoms with Crippen LogP contribution in [0.1, 0.15) is 24.1 Å². The summed E-state index contributed by atoms with van der Waals surface area (Å²) in [5.41, 5.74) is 2.89. The number of methoxy groups -OCH3 is 1. The molecule has 1 N–H and O–H groups in total. The van der Waals surface area contributed by atoms with Crippen molar-refractivity contribution in [2.45, 2.75) is 19.9 Å². The topological polar surface area (TPSA) is 56.1 Å². The largest absolute Gasteiger partial charge is 0.496 e.